The van der Waals surface area contributed by atoms with E-state index in [-0.39, 0.29) is 0 Å². The van der Waals surface area contributed by atoms with E-state index in [1.54, 1.807) is 0 Å². The fraction of sp³-hybridized carbons (Fsp3) is 0.857. The Morgan fingerprint density at radius 3 is 1.61 bits per heavy atom. The van der Waals surface area contributed by atoms with Crippen LogP contribution in [0.3, 0.4) is 0 Å². The molecule has 0 atom stereocenters. The van der Waals surface area contributed by atoms with Crippen LogP contribution in [0, 0.1) is 0 Å². The zero-order chi connectivity index (χ0) is 16.8. The summed E-state index contributed by atoms with van der Waals surface area (Å²) in [6.45, 7) is 2.98. The molecule has 2 nitrogen and oxygen atoms in total. The molecule has 0 bridgehead atoms. The fourth-order valence-corrected chi connectivity index (χ4v) is 2.80. The monoisotopic (exact) mass is 322 g/mol. The van der Waals surface area contributed by atoms with Crippen LogP contribution in [0.5, 0.6) is 0 Å². The molecule has 0 aliphatic heterocycles. The Bertz CT molecular complexity index is 259. The molecule has 0 unspecified atom stereocenters. The van der Waals surface area contributed by atoms with Gasteiger partial charge in [0.25, 0.3) is 0 Å². The van der Waals surface area contributed by atoms with Crippen LogP contribution in [-0.2, 0) is 0 Å². The third kappa shape index (κ3) is 21.4. The van der Waals surface area contributed by atoms with E-state index in [2.05, 4.69) is 18.0 Å². The predicted molar refractivity (Wildman–Crippen MR) is 106 cm³/mol. The predicted octanol–water partition coefficient (Wildman–Crippen LogP) is 6.79. The standard InChI is InChI=1S/C21H42N2/c1-2-3-4-5-6-7-8-9-10-11-12-13-14-15-16-17-20-23-21-18-19-22/h17,20-21H,2-16,18-19,22H2,1H3. The number of unbranched alkanes of at least 4 members (excludes halogenated alkanes) is 14. The Hall–Kier alpha value is -0.630. The molecule has 0 aromatic carbocycles. The molecule has 23 heavy (non-hydrogen) atoms. The second-order valence-corrected chi connectivity index (χ2v) is 6.68. The van der Waals surface area contributed by atoms with Gasteiger partial charge in [-0.2, -0.15) is 0 Å². The van der Waals surface area contributed by atoms with E-state index in [1.807, 2.05) is 12.4 Å². The van der Waals surface area contributed by atoms with Crippen molar-refractivity contribution in [3.05, 3.63) is 12.3 Å². The summed E-state index contributed by atoms with van der Waals surface area (Å²) in [5, 5.41) is 0. The second kappa shape index (κ2) is 21.4. The van der Waals surface area contributed by atoms with E-state index in [0.717, 1.165) is 12.8 Å². The van der Waals surface area contributed by atoms with Gasteiger partial charge in [0, 0.05) is 12.4 Å². The maximum absolute atomic E-state index is 5.39. The van der Waals surface area contributed by atoms with E-state index in [4.69, 9.17) is 5.73 Å². The first-order valence-electron chi connectivity index (χ1n) is 10.3. The highest BCUT2D eigenvalue weighted by Crippen LogP contribution is 2.13. The average molecular weight is 323 g/mol. The van der Waals surface area contributed by atoms with Crippen molar-refractivity contribution in [1.82, 2.24) is 0 Å². The van der Waals surface area contributed by atoms with Gasteiger partial charge in [0.05, 0.1) is 0 Å². The molecule has 0 saturated heterocycles. The Balaban J connectivity index is 3.05. The van der Waals surface area contributed by atoms with Crippen molar-refractivity contribution in [2.24, 2.45) is 10.7 Å². The zero-order valence-electron chi connectivity index (χ0n) is 15.8. The van der Waals surface area contributed by atoms with Gasteiger partial charge in [-0.25, -0.2) is 0 Å². The van der Waals surface area contributed by atoms with Crippen LogP contribution in [0.15, 0.2) is 17.3 Å². The van der Waals surface area contributed by atoms with Crippen LogP contribution < -0.4 is 5.73 Å². The number of nitrogens with two attached hydrogens (primary N) is 1. The van der Waals surface area contributed by atoms with Crippen molar-refractivity contribution < 1.29 is 0 Å². The smallest absolute Gasteiger partial charge is 0.0223 e. The number of aliphatic imine (C=N–C) groups is 1. The first-order valence-corrected chi connectivity index (χ1v) is 10.3. The largest absolute Gasteiger partial charge is 0.330 e. The molecule has 2 N–H and O–H groups in total. The van der Waals surface area contributed by atoms with Crippen LogP contribution >= 0.6 is 0 Å². The van der Waals surface area contributed by atoms with Crippen molar-refractivity contribution in [2.45, 2.75) is 110 Å². The molecule has 0 heterocycles. The second-order valence-electron chi connectivity index (χ2n) is 6.68. The van der Waals surface area contributed by atoms with E-state index in [0.29, 0.717) is 6.54 Å². The van der Waals surface area contributed by atoms with E-state index < -0.39 is 0 Å². The lowest BCUT2D eigenvalue weighted by Crippen LogP contribution is -1.97. The highest BCUT2D eigenvalue weighted by molar-refractivity contribution is 5.58. The summed E-state index contributed by atoms with van der Waals surface area (Å²) in [5.41, 5.74) is 5.39. The van der Waals surface area contributed by atoms with Crippen molar-refractivity contribution in [1.29, 1.82) is 0 Å². The molecule has 0 radical (unpaired) electrons. The molecular formula is C21H42N2. The molecule has 0 fully saturated rings. The van der Waals surface area contributed by atoms with Crippen LogP contribution in [0.25, 0.3) is 0 Å². The van der Waals surface area contributed by atoms with Gasteiger partial charge in [0.1, 0.15) is 0 Å². The summed E-state index contributed by atoms with van der Waals surface area (Å²) in [4.78, 5) is 4.18. The Labute approximate surface area is 146 Å². The summed E-state index contributed by atoms with van der Waals surface area (Å²) in [7, 11) is 0. The summed E-state index contributed by atoms with van der Waals surface area (Å²) < 4.78 is 0. The van der Waals surface area contributed by atoms with Crippen LogP contribution in [0.4, 0.5) is 0 Å². The Morgan fingerprint density at radius 2 is 1.13 bits per heavy atom. The fourth-order valence-electron chi connectivity index (χ4n) is 2.80. The molecule has 0 aromatic heterocycles. The maximum atomic E-state index is 5.39. The lowest BCUT2D eigenvalue weighted by atomic mass is 10.0. The van der Waals surface area contributed by atoms with Gasteiger partial charge < -0.3 is 5.73 Å². The minimum atomic E-state index is 0.691. The Kier molecular flexibility index (Phi) is 20.8. The normalized spacial score (nSPS) is 11.9. The van der Waals surface area contributed by atoms with Gasteiger partial charge in [-0.05, 0) is 25.8 Å². The zero-order valence-corrected chi connectivity index (χ0v) is 15.8. The third-order valence-corrected chi connectivity index (χ3v) is 4.32. The molecule has 0 aromatic rings. The first-order chi connectivity index (χ1) is 11.4. The minimum absolute atomic E-state index is 0.691. The lowest BCUT2D eigenvalue weighted by Gasteiger charge is -2.02. The molecule has 0 amide bonds. The topological polar surface area (TPSA) is 38.4 Å². The van der Waals surface area contributed by atoms with Crippen molar-refractivity contribution in [3.8, 4) is 0 Å². The van der Waals surface area contributed by atoms with Crippen molar-refractivity contribution in [3.63, 3.8) is 0 Å². The highest BCUT2D eigenvalue weighted by atomic mass is 14.7. The summed E-state index contributed by atoms with van der Waals surface area (Å²) in [6, 6.07) is 0. The van der Waals surface area contributed by atoms with Gasteiger partial charge in [-0.3, -0.25) is 4.99 Å². The summed E-state index contributed by atoms with van der Waals surface area (Å²) in [5.74, 6) is 0. The van der Waals surface area contributed by atoms with E-state index >= 15 is 0 Å². The van der Waals surface area contributed by atoms with Crippen LogP contribution in [0.2, 0.25) is 0 Å². The van der Waals surface area contributed by atoms with Crippen molar-refractivity contribution >= 4 is 6.21 Å². The van der Waals surface area contributed by atoms with Crippen molar-refractivity contribution in [2.75, 3.05) is 6.54 Å². The van der Waals surface area contributed by atoms with Gasteiger partial charge in [-0.1, -0.05) is 96.5 Å². The quantitative estimate of drug-likeness (QED) is 0.219. The lowest BCUT2D eigenvalue weighted by molar-refractivity contribution is 0.536. The molecule has 2 heteroatoms. The molecule has 136 valence electrons. The van der Waals surface area contributed by atoms with Crippen LogP contribution in [-0.4, -0.2) is 12.8 Å². The molecular weight excluding hydrogens is 280 g/mol. The molecule has 0 spiro atoms. The van der Waals surface area contributed by atoms with E-state index in [9.17, 15) is 0 Å². The van der Waals surface area contributed by atoms with Gasteiger partial charge in [-0.15, -0.1) is 0 Å². The number of hydrogen-bond acceptors (Lipinski definition) is 2. The molecule has 0 rings (SSSR count). The number of allylic oxidation sites excluding steroid dienone is 1. The average Bonchev–Trinajstić information content (AvgIpc) is 2.57. The van der Waals surface area contributed by atoms with Gasteiger partial charge >= 0.3 is 0 Å². The first kappa shape index (κ1) is 22.4. The van der Waals surface area contributed by atoms with E-state index in [1.165, 1.54) is 89.9 Å². The third-order valence-electron chi connectivity index (χ3n) is 4.32. The van der Waals surface area contributed by atoms with Gasteiger partial charge in [0.15, 0.2) is 0 Å². The summed E-state index contributed by atoms with van der Waals surface area (Å²) >= 11 is 0. The minimum Gasteiger partial charge on any atom is -0.330 e. The molecule has 0 aliphatic rings. The number of nitrogens with zero attached hydrogens (tertiary/aromatic N) is 1. The Morgan fingerprint density at radius 1 is 0.652 bits per heavy atom. The molecule has 0 aliphatic carbocycles. The van der Waals surface area contributed by atoms with Crippen LogP contribution in [0.1, 0.15) is 110 Å². The summed E-state index contributed by atoms with van der Waals surface area (Å²) in [6.07, 6.45) is 28.0. The number of hydrogen-bond donors (Lipinski definition) is 1. The SMILES string of the molecule is CCCCCCCCCCCCCCCCC=CN=CCCN. The highest BCUT2D eigenvalue weighted by Gasteiger charge is 1.93. The molecule has 0 saturated carbocycles. The number of rotatable bonds is 18. The van der Waals surface area contributed by atoms with Gasteiger partial charge in [0.2, 0.25) is 0 Å². The maximum Gasteiger partial charge on any atom is 0.0223 e.